The smallest absolute Gasteiger partial charge is 0.229 e. The van der Waals surface area contributed by atoms with Gasteiger partial charge in [-0.1, -0.05) is 72.8 Å². The fourth-order valence-electron chi connectivity index (χ4n) is 3.56. The minimum Gasteiger partial charge on any atom is -0.494 e. The number of nitrogens with one attached hydrogen (secondary N) is 1. The summed E-state index contributed by atoms with van der Waals surface area (Å²) in [5.74, 6) is 0.441. The number of hydrogen-bond donors (Lipinski definition) is 1. The number of pyridine rings is 1. The van der Waals surface area contributed by atoms with Crippen molar-refractivity contribution >= 4 is 11.6 Å². The minimum atomic E-state index is -0.146. The standard InChI is InChI=1S/C27H23N2O2/c1-31-26-19-28-17-16-24(26)22-12-14-23(15-13-22)29-27(30)18-25(20-8-4-2-5-9-20)21-10-6-3-7-11-21/h2-19,25H,1H3,(H,29,30). The van der Waals surface area contributed by atoms with E-state index in [2.05, 4.69) is 10.3 Å². The Morgan fingerprint density at radius 1 is 0.871 bits per heavy atom. The van der Waals surface area contributed by atoms with Crippen LogP contribution in [0.1, 0.15) is 17.0 Å². The number of anilines is 1. The maximum Gasteiger partial charge on any atom is 0.229 e. The first-order valence-corrected chi connectivity index (χ1v) is 10.1. The van der Waals surface area contributed by atoms with E-state index < -0.39 is 0 Å². The van der Waals surface area contributed by atoms with Crippen LogP contribution in [0, 0.1) is 6.42 Å². The van der Waals surface area contributed by atoms with E-state index in [1.807, 2.05) is 91.0 Å². The van der Waals surface area contributed by atoms with Gasteiger partial charge in [0.15, 0.2) is 0 Å². The summed E-state index contributed by atoms with van der Waals surface area (Å²) in [4.78, 5) is 16.9. The number of rotatable bonds is 7. The molecule has 0 saturated heterocycles. The summed E-state index contributed by atoms with van der Waals surface area (Å²) in [7, 11) is 1.63. The van der Waals surface area contributed by atoms with Gasteiger partial charge in [0.2, 0.25) is 5.91 Å². The third-order valence-corrected chi connectivity index (χ3v) is 5.10. The van der Waals surface area contributed by atoms with Gasteiger partial charge in [0.25, 0.3) is 0 Å². The second-order valence-electron chi connectivity index (χ2n) is 7.11. The van der Waals surface area contributed by atoms with E-state index in [0.29, 0.717) is 5.75 Å². The molecule has 4 rings (SSSR count). The predicted molar refractivity (Wildman–Crippen MR) is 124 cm³/mol. The molecule has 4 aromatic rings. The van der Waals surface area contributed by atoms with Crippen molar-refractivity contribution in [2.24, 2.45) is 0 Å². The first-order valence-electron chi connectivity index (χ1n) is 10.1. The molecule has 1 heterocycles. The van der Waals surface area contributed by atoms with Crippen molar-refractivity contribution in [3.05, 3.63) is 121 Å². The zero-order chi connectivity index (χ0) is 21.5. The van der Waals surface area contributed by atoms with Crippen LogP contribution < -0.4 is 10.1 Å². The highest BCUT2D eigenvalue weighted by atomic mass is 16.5. The lowest BCUT2D eigenvalue weighted by Crippen LogP contribution is -2.17. The van der Waals surface area contributed by atoms with Crippen LogP contribution in [0.4, 0.5) is 5.69 Å². The Balaban J connectivity index is 1.49. The lowest BCUT2D eigenvalue weighted by Gasteiger charge is -2.17. The Bertz CT molecular complexity index is 1090. The lowest BCUT2D eigenvalue weighted by atomic mass is 9.88. The highest BCUT2D eigenvalue weighted by molar-refractivity contribution is 5.98. The summed E-state index contributed by atoms with van der Waals surface area (Å²) in [5, 5.41) is 2.98. The molecule has 3 aromatic carbocycles. The van der Waals surface area contributed by atoms with E-state index in [4.69, 9.17) is 4.74 Å². The molecule has 31 heavy (non-hydrogen) atoms. The van der Waals surface area contributed by atoms with Gasteiger partial charge in [0.1, 0.15) is 5.75 Å². The highest BCUT2D eigenvalue weighted by Crippen LogP contribution is 2.30. The molecule has 1 radical (unpaired) electrons. The van der Waals surface area contributed by atoms with Crippen molar-refractivity contribution < 1.29 is 9.53 Å². The van der Waals surface area contributed by atoms with Gasteiger partial charge >= 0.3 is 0 Å². The number of carbonyl (C=O) groups excluding carboxylic acids is 1. The first kappa shape index (κ1) is 20.4. The van der Waals surface area contributed by atoms with Crippen molar-refractivity contribution in [2.75, 3.05) is 12.4 Å². The number of ether oxygens (including phenoxy) is 1. The van der Waals surface area contributed by atoms with Crippen LogP contribution in [-0.4, -0.2) is 18.0 Å². The molecule has 1 amide bonds. The molecule has 0 saturated carbocycles. The third-order valence-electron chi connectivity index (χ3n) is 5.10. The van der Waals surface area contributed by atoms with E-state index in [1.165, 1.54) is 0 Å². The zero-order valence-corrected chi connectivity index (χ0v) is 17.2. The molecule has 1 N–H and O–H groups in total. The fraction of sp³-hybridized carbons (Fsp3) is 0.0741. The summed E-state index contributed by atoms with van der Waals surface area (Å²) in [6, 6.07) is 29.7. The molecule has 153 valence electrons. The molecular weight excluding hydrogens is 384 g/mol. The van der Waals surface area contributed by atoms with Crippen molar-refractivity contribution in [1.82, 2.24) is 4.98 Å². The van der Waals surface area contributed by atoms with Gasteiger partial charge in [-0.15, -0.1) is 0 Å². The maximum absolute atomic E-state index is 12.8. The van der Waals surface area contributed by atoms with Gasteiger partial charge in [-0.05, 0) is 34.9 Å². The molecule has 0 atom stereocenters. The van der Waals surface area contributed by atoms with Gasteiger partial charge in [-0.25, -0.2) is 0 Å². The van der Waals surface area contributed by atoms with Gasteiger partial charge in [0, 0.05) is 23.4 Å². The summed E-state index contributed by atoms with van der Waals surface area (Å²) in [5.41, 5.74) is 4.83. The second kappa shape index (κ2) is 9.72. The molecule has 0 fully saturated rings. The number of nitrogens with zero attached hydrogens (tertiary/aromatic N) is 1. The predicted octanol–water partition coefficient (Wildman–Crippen LogP) is 5.73. The van der Waals surface area contributed by atoms with Crippen LogP contribution >= 0.6 is 0 Å². The van der Waals surface area contributed by atoms with E-state index in [1.54, 1.807) is 25.9 Å². The summed E-state index contributed by atoms with van der Waals surface area (Å²) < 4.78 is 5.39. The number of carbonyl (C=O) groups is 1. The second-order valence-corrected chi connectivity index (χ2v) is 7.11. The molecule has 4 nitrogen and oxygen atoms in total. The van der Waals surface area contributed by atoms with Crippen molar-refractivity contribution in [2.45, 2.75) is 5.92 Å². The van der Waals surface area contributed by atoms with Crippen molar-refractivity contribution in [3.8, 4) is 16.9 Å². The Morgan fingerprint density at radius 2 is 1.48 bits per heavy atom. The van der Waals surface area contributed by atoms with E-state index in [9.17, 15) is 4.79 Å². The SMILES string of the molecule is COc1cnccc1-c1ccc(NC(=O)[CH]C(c2ccccc2)c2ccccc2)cc1. The molecule has 0 bridgehead atoms. The van der Waals surface area contributed by atoms with Crippen LogP contribution in [0.5, 0.6) is 5.75 Å². The normalized spacial score (nSPS) is 10.6. The Kier molecular flexibility index (Phi) is 6.38. The highest BCUT2D eigenvalue weighted by Gasteiger charge is 2.18. The molecule has 0 aliphatic heterocycles. The van der Waals surface area contributed by atoms with Crippen LogP contribution in [0.15, 0.2) is 103 Å². The quantitative estimate of drug-likeness (QED) is 0.425. The number of amides is 1. The third kappa shape index (κ3) is 4.98. The molecule has 4 heteroatoms. The summed E-state index contributed by atoms with van der Waals surface area (Å²) >= 11 is 0. The minimum absolute atomic E-state index is 0.122. The molecule has 0 aliphatic rings. The number of benzene rings is 3. The molecule has 1 aromatic heterocycles. The van der Waals surface area contributed by atoms with Crippen LogP contribution in [0.25, 0.3) is 11.1 Å². The lowest BCUT2D eigenvalue weighted by molar-refractivity contribution is -0.113. The summed E-state index contributed by atoms with van der Waals surface area (Å²) in [6.07, 6.45) is 5.15. The van der Waals surface area contributed by atoms with Crippen molar-refractivity contribution in [1.29, 1.82) is 0 Å². The fourth-order valence-corrected chi connectivity index (χ4v) is 3.56. The largest absolute Gasteiger partial charge is 0.494 e. The molecule has 0 aliphatic carbocycles. The van der Waals surface area contributed by atoms with Gasteiger partial charge in [-0.3, -0.25) is 9.78 Å². The molecule has 0 spiro atoms. The van der Waals surface area contributed by atoms with Gasteiger partial charge in [-0.2, -0.15) is 0 Å². The van der Waals surface area contributed by atoms with Crippen LogP contribution in [0.3, 0.4) is 0 Å². The van der Waals surface area contributed by atoms with Gasteiger partial charge < -0.3 is 10.1 Å². The molecular formula is C27H23N2O2. The average Bonchev–Trinajstić information content (AvgIpc) is 2.84. The number of methoxy groups -OCH3 is 1. The summed E-state index contributed by atoms with van der Waals surface area (Å²) in [6.45, 7) is 0. The Labute approximate surface area is 182 Å². The van der Waals surface area contributed by atoms with Crippen molar-refractivity contribution in [3.63, 3.8) is 0 Å². The Morgan fingerprint density at radius 3 is 2.06 bits per heavy atom. The van der Waals surface area contributed by atoms with Crippen LogP contribution in [-0.2, 0) is 4.79 Å². The van der Waals surface area contributed by atoms with E-state index >= 15 is 0 Å². The topological polar surface area (TPSA) is 51.2 Å². The molecule has 0 unspecified atom stereocenters. The van der Waals surface area contributed by atoms with Gasteiger partial charge in [0.05, 0.1) is 19.7 Å². The monoisotopic (exact) mass is 407 g/mol. The Hall–Kier alpha value is -3.92. The van der Waals surface area contributed by atoms with E-state index in [0.717, 1.165) is 27.9 Å². The average molecular weight is 407 g/mol. The van der Waals surface area contributed by atoms with E-state index in [-0.39, 0.29) is 11.8 Å². The zero-order valence-electron chi connectivity index (χ0n) is 17.2. The number of hydrogen-bond acceptors (Lipinski definition) is 3. The first-order chi connectivity index (χ1) is 15.2. The maximum atomic E-state index is 12.8. The van der Waals surface area contributed by atoms with Crippen LogP contribution in [0.2, 0.25) is 0 Å². The number of aromatic nitrogens is 1.